The highest BCUT2D eigenvalue weighted by molar-refractivity contribution is 7.69. The van der Waals surface area contributed by atoms with Crippen molar-refractivity contribution in [2.45, 2.75) is 6.92 Å². The molecular weight excluding hydrogens is 175 g/mol. The van der Waals surface area contributed by atoms with Crippen LogP contribution in [0.1, 0.15) is 6.92 Å². The first kappa shape index (κ1) is 10.2. The average molecular weight is 190 g/mol. The monoisotopic (exact) mass is 190 g/mol. The molecule has 0 nitrogen and oxygen atoms in total. The molecule has 0 N–H and O–H groups in total. The van der Waals surface area contributed by atoms with E-state index >= 15 is 0 Å². The van der Waals surface area contributed by atoms with E-state index in [1.165, 1.54) is 10.6 Å². The molecule has 0 aromatic heterocycles. The van der Waals surface area contributed by atoms with E-state index in [-0.39, 0.29) is 7.92 Å². The average Bonchev–Trinajstić information content (AvgIpc) is 2.21. The van der Waals surface area contributed by atoms with E-state index < -0.39 is 0 Å². The standard InChI is InChI=1S/C12H15P/c1-4-11(5-2)13(3)12-9-7-6-8-10-12/h4-10H,1H2,2-3H3/b11-5+. The molecule has 0 aliphatic heterocycles. The minimum absolute atomic E-state index is 0.196. The van der Waals surface area contributed by atoms with Crippen LogP contribution in [0.5, 0.6) is 0 Å². The third-order valence-corrected chi connectivity index (χ3v) is 4.32. The Hall–Kier alpha value is -0.870. The second-order valence-corrected chi connectivity index (χ2v) is 4.96. The minimum Gasteiger partial charge on any atom is -0.0984 e. The molecule has 0 radical (unpaired) electrons. The lowest BCUT2D eigenvalue weighted by atomic mass is 10.4. The van der Waals surface area contributed by atoms with Crippen LogP contribution in [0.25, 0.3) is 0 Å². The van der Waals surface area contributed by atoms with Gasteiger partial charge in [-0.25, -0.2) is 0 Å². The third kappa shape index (κ3) is 2.54. The van der Waals surface area contributed by atoms with Gasteiger partial charge in [0, 0.05) is 0 Å². The highest BCUT2D eigenvalue weighted by Crippen LogP contribution is 2.39. The fourth-order valence-corrected chi connectivity index (χ4v) is 2.83. The summed E-state index contributed by atoms with van der Waals surface area (Å²) in [4.78, 5) is 0. The zero-order valence-corrected chi connectivity index (χ0v) is 9.09. The lowest BCUT2D eigenvalue weighted by Crippen LogP contribution is -1.98. The summed E-state index contributed by atoms with van der Waals surface area (Å²) >= 11 is 0. The van der Waals surface area contributed by atoms with Crippen LogP contribution < -0.4 is 5.30 Å². The van der Waals surface area contributed by atoms with Crippen molar-refractivity contribution in [3.05, 3.63) is 54.4 Å². The first-order chi connectivity index (χ1) is 6.29. The van der Waals surface area contributed by atoms with Crippen molar-refractivity contribution >= 4 is 13.2 Å². The zero-order valence-electron chi connectivity index (χ0n) is 8.20. The number of hydrogen-bond acceptors (Lipinski definition) is 0. The third-order valence-electron chi connectivity index (χ3n) is 2.04. The molecule has 68 valence electrons. The van der Waals surface area contributed by atoms with E-state index in [0.717, 1.165) is 0 Å². The fraction of sp³-hybridized carbons (Fsp3) is 0.167. The summed E-state index contributed by atoms with van der Waals surface area (Å²) < 4.78 is 0. The van der Waals surface area contributed by atoms with Crippen molar-refractivity contribution in [3.8, 4) is 0 Å². The number of benzene rings is 1. The van der Waals surface area contributed by atoms with Crippen molar-refractivity contribution in [1.82, 2.24) is 0 Å². The van der Waals surface area contributed by atoms with Gasteiger partial charge >= 0.3 is 0 Å². The molecule has 0 spiro atoms. The van der Waals surface area contributed by atoms with E-state index in [1.807, 2.05) is 6.08 Å². The van der Waals surface area contributed by atoms with Gasteiger partial charge in [-0.15, -0.1) is 0 Å². The Kier molecular flexibility index (Phi) is 3.92. The second kappa shape index (κ2) is 4.99. The summed E-state index contributed by atoms with van der Waals surface area (Å²) in [5.41, 5.74) is 0. The molecule has 1 rings (SSSR count). The Morgan fingerprint density at radius 1 is 1.31 bits per heavy atom. The summed E-state index contributed by atoms with van der Waals surface area (Å²) in [5, 5.41) is 2.76. The molecule has 1 atom stereocenters. The molecule has 0 heterocycles. The van der Waals surface area contributed by atoms with Crippen molar-refractivity contribution in [2.75, 3.05) is 6.66 Å². The van der Waals surface area contributed by atoms with Gasteiger partial charge in [-0.05, 0) is 32.1 Å². The van der Waals surface area contributed by atoms with Crippen LogP contribution in [-0.4, -0.2) is 6.66 Å². The molecule has 0 fully saturated rings. The van der Waals surface area contributed by atoms with Gasteiger partial charge in [-0.1, -0.05) is 49.1 Å². The van der Waals surface area contributed by atoms with E-state index in [2.05, 4.69) is 56.6 Å². The smallest absolute Gasteiger partial charge is 0.0198 e. The number of rotatable bonds is 3. The maximum atomic E-state index is 3.83. The van der Waals surface area contributed by atoms with Gasteiger partial charge in [0.2, 0.25) is 0 Å². The Bertz CT molecular complexity index is 298. The van der Waals surface area contributed by atoms with E-state index in [4.69, 9.17) is 0 Å². The van der Waals surface area contributed by atoms with E-state index in [1.54, 1.807) is 0 Å². The largest absolute Gasteiger partial charge is 0.0984 e. The maximum Gasteiger partial charge on any atom is -0.0198 e. The van der Waals surface area contributed by atoms with Crippen LogP contribution in [-0.2, 0) is 0 Å². The molecule has 1 unspecified atom stereocenters. The maximum absolute atomic E-state index is 3.83. The summed E-state index contributed by atoms with van der Waals surface area (Å²) in [7, 11) is -0.196. The summed E-state index contributed by atoms with van der Waals surface area (Å²) in [5.74, 6) is 0. The van der Waals surface area contributed by atoms with Crippen LogP contribution in [0, 0.1) is 0 Å². The Morgan fingerprint density at radius 3 is 2.38 bits per heavy atom. The molecule has 1 aromatic rings. The molecule has 0 aliphatic carbocycles. The molecule has 1 heteroatoms. The summed E-state index contributed by atoms with van der Waals surface area (Å²) in [6, 6.07) is 10.6. The first-order valence-electron chi connectivity index (χ1n) is 4.37. The van der Waals surface area contributed by atoms with Crippen LogP contribution in [0.4, 0.5) is 0 Å². The number of hydrogen-bond donors (Lipinski definition) is 0. The molecular formula is C12H15P. The SMILES string of the molecule is C=C/C(=C\C)P(C)c1ccccc1. The van der Waals surface area contributed by atoms with Crippen LogP contribution in [0.3, 0.4) is 0 Å². The van der Waals surface area contributed by atoms with E-state index in [9.17, 15) is 0 Å². The van der Waals surface area contributed by atoms with Crippen molar-refractivity contribution in [2.24, 2.45) is 0 Å². The van der Waals surface area contributed by atoms with Crippen LogP contribution >= 0.6 is 7.92 Å². The molecule has 0 saturated heterocycles. The topological polar surface area (TPSA) is 0 Å². The molecule has 1 aromatic carbocycles. The first-order valence-corrected chi connectivity index (χ1v) is 6.16. The Labute approximate surface area is 81.7 Å². The zero-order chi connectivity index (χ0) is 9.68. The lowest BCUT2D eigenvalue weighted by molar-refractivity contribution is 1.69. The Morgan fingerprint density at radius 2 is 1.92 bits per heavy atom. The van der Waals surface area contributed by atoms with Crippen molar-refractivity contribution in [3.63, 3.8) is 0 Å². The fourth-order valence-electron chi connectivity index (χ4n) is 1.25. The Balaban J connectivity index is 2.91. The van der Waals surface area contributed by atoms with Gasteiger partial charge in [-0.3, -0.25) is 0 Å². The predicted molar refractivity (Wildman–Crippen MR) is 62.9 cm³/mol. The second-order valence-electron chi connectivity index (χ2n) is 2.81. The molecule has 0 saturated carbocycles. The van der Waals surface area contributed by atoms with Gasteiger partial charge in [0.15, 0.2) is 0 Å². The molecule has 0 bridgehead atoms. The predicted octanol–water partition coefficient (Wildman–Crippen LogP) is 3.51. The summed E-state index contributed by atoms with van der Waals surface area (Å²) in [6.45, 7) is 8.16. The molecule has 13 heavy (non-hydrogen) atoms. The van der Waals surface area contributed by atoms with Crippen LogP contribution in [0.15, 0.2) is 54.4 Å². The van der Waals surface area contributed by atoms with Gasteiger partial charge in [-0.2, -0.15) is 0 Å². The molecule has 0 amide bonds. The highest BCUT2D eigenvalue weighted by atomic mass is 31.1. The quantitative estimate of drug-likeness (QED) is 0.505. The highest BCUT2D eigenvalue weighted by Gasteiger charge is 2.05. The van der Waals surface area contributed by atoms with Crippen molar-refractivity contribution in [1.29, 1.82) is 0 Å². The summed E-state index contributed by atoms with van der Waals surface area (Å²) in [6.07, 6.45) is 4.10. The van der Waals surface area contributed by atoms with Crippen LogP contribution in [0.2, 0.25) is 0 Å². The van der Waals surface area contributed by atoms with E-state index in [0.29, 0.717) is 0 Å². The van der Waals surface area contributed by atoms with Gasteiger partial charge in [0.05, 0.1) is 0 Å². The van der Waals surface area contributed by atoms with Gasteiger partial charge in [0.1, 0.15) is 0 Å². The number of allylic oxidation sites excluding steroid dienone is 3. The van der Waals surface area contributed by atoms with Crippen molar-refractivity contribution < 1.29 is 0 Å². The van der Waals surface area contributed by atoms with Gasteiger partial charge in [0.25, 0.3) is 0 Å². The van der Waals surface area contributed by atoms with Gasteiger partial charge < -0.3 is 0 Å². The molecule has 0 aliphatic rings. The lowest BCUT2D eigenvalue weighted by Gasteiger charge is -2.12. The minimum atomic E-state index is -0.196. The normalized spacial score (nSPS) is 13.8.